The van der Waals surface area contributed by atoms with Crippen LogP contribution < -0.4 is 14.8 Å². The van der Waals surface area contributed by atoms with E-state index in [1.165, 1.54) is 0 Å². The van der Waals surface area contributed by atoms with E-state index in [1.54, 1.807) is 22.5 Å². The van der Waals surface area contributed by atoms with Gasteiger partial charge >= 0.3 is 0 Å². The number of benzene rings is 2. The molecule has 0 atom stereocenters. The summed E-state index contributed by atoms with van der Waals surface area (Å²) in [6.45, 7) is 1.57. The number of methoxy groups -OCH3 is 1. The number of aryl methyl sites for hydroxylation is 1. The Bertz CT molecular complexity index is 1390. The van der Waals surface area contributed by atoms with Gasteiger partial charge in [-0.3, -0.25) is 4.68 Å². The van der Waals surface area contributed by atoms with Gasteiger partial charge < -0.3 is 19.5 Å². The van der Waals surface area contributed by atoms with Gasteiger partial charge in [0, 0.05) is 32.1 Å². The minimum Gasteiger partial charge on any atom is -0.491 e. The van der Waals surface area contributed by atoms with Crippen LogP contribution in [0.5, 0.6) is 11.5 Å². The van der Waals surface area contributed by atoms with Gasteiger partial charge in [-0.1, -0.05) is 24.3 Å². The molecule has 5 rings (SSSR count). The Kier molecular flexibility index (Phi) is 6.58. The minimum absolute atomic E-state index is 0.473. The first-order valence-corrected chi connectivity index (χ1v) is 11.2. The first-order chi connectivity index (χ1) is 17.2. The second-order valence-electron chi connectivity index (χ2n) is 7.95. The van der Waals surface area contributed by atoms with Gasteiger partial charge in [0.25, 0.3) is 0 Å². The zero-order valence-corrected chi connectivity index (χ0v) is 19.6. The lowest BCUT2D eigenvalue weighted by Crippen LogP contribution is -2.04. The molecule has 178 valence electrons. The number of aromatic nitrogens is 5. The number of ether oxygens (including phenoxy) is 3. The maximum atomic E-state index is 5.97. The first kappa shape index (κ1) is 22.4. The van der Waals surface area contributed by atoms with Crippen LogP contribution in [0.2, 0.25) is 0 Å². The van der Waals surface area contributed by atoms with Crippen LogP contribution in [0.4, 0.5) is 11.6 Å². The quantitative estimate of drug-likeness (QED) is 0.301. The molecule has 0 fully saturated rings. The van der Waals surface area contributed by atoms with Crippen molar-refractivity contribution in [3.8, 4) is 22.6 Å². The Morgan fingerprint density at radius 1 is 0.914 bits per heavy atom. The van der Waals surface area contributed by atoms with Crippen molar-refractivity contribution in [1.82, 2.24) is 24.4 Å². The van der Waals surface area contributed by atoms with Crippen LogP contribution >= 0.6 is 0 Å². The van der Waals surface area contributed by atoms with Crippen LogP contribution in [-0.2, 0) is 18.4 Å². The molecule has 0 aliphatic carbocycles. The average molecular weight is 471 g/mol. The van der Waals surface area contributed by atoms with E-state index in [2.05, 4.69) is 20.5 Å². The van der Waals surface area contributed by atoms with E-state index in [1.807, 2.05) is 80.1 Å². The molecule has 0 saturated heterocycles. The summed E-state index contributed by atoms with van der Waals surface area (Å²) in [5.74, 6) is 2.12. The standard InChI is InChI=1S/C26H26N6O3/c1-31-17-21(16-27-31)28-26-29-25-24(4-3-13-32(25)30-26)20-7-11-23(12-8-20)35-18-19-5-9-22(10-6-19)34-15-14-33-2/h3-13,16-17H,14-15,18H2,1-2H3,(H,28,30). The SMILES string of the molecule is COCCOc1ccc(COc2ccc(-c3cccn4nc(Nc5cnn(C)c5)nc34)cc2)cc1. The fourth-order valence-electron chi connectivity index (χ4n) is 3.62. The van der Waals surface area contributed by atoms with Gasteiger partial charge in [-0.05, 0) is 47.5 Å². The summed E-state index contributed by atoms with van der Waals surface area (Å²) in [7, 11) is 3.52. The lowest BCUT2D eigenvalue weighted by molar-refractivity contribution is 0.146. The molecule has 1 N–H and O–H groups in total. The molecule has 0 amide bonds. The number of pyridine rings is 1. The summed E-state index contributed by atoms with van der Waals surface area (Å²) < 4.78 is 20.1. The zero-order valence-electron chi connectivity index (χ0n) is 19.6. The number of nitrogens with one attached hydrogen (secondary N) is 1. The number of fused-ring (bicyclic) bond motifs is 1. The molecular weight excluding hydrogens is 444 g/mol. The van der Waals surface area contributed by atoms with Crippen molar-refractivity contribution in [1.29, 1.82) is 0 Å². The van der Waals surface area contributed by atoms with E-state index in [0.29, 0.717) is 25.8 Å². The maximum absolute atomic E-state index is 5.97. The van der Waals surface area contributed by atoms with Crippen molar-refractivity contribution < 1.29 is 14.2 Å². The van der Waals surface area contributed by atoms with Gasteiger partial charge in [0.2, 0.25) is 5.95 Å². The van der Waals surface area contributed by atoms with Crippen LogP contribution in [0.15, 0.2) is 79.3 Å². The van der Waals surface area contributed by atoms with Gasteiger partial charge in [-0.15, -0.1) is 5.10 Å². The second kappa shape index (κ2) is 10.3. The van der Waals surface area contributed by atoms with Crippen molar-refractivity contribution in [2.75, 3.05) is 25.6 Å². The molecule has 9 heteroatoms. The Hall–Kier alpha value is -4.37. The predicted molar refractivity (Wildman–Crippen MR) is 133 cm³/mol. The van der Waals surface area contributed by atoms with Crippen molar-refractivity contribution >= 4 is 17.3 Å². The Labute approximate surface area is 202 Å². The van der Waals surface area contributed by atoms with Crippen molar-refractivity contribution in [3.63, 3.8) is 0 Å². The topological polar surface area (TPSA) is 87.7 Å². The second-order valence-corrected chi connectivity index (χ2v) is 7.95. The normalized spacial score (nSPS) is 11.0. The third-order valence-corrected chi connectivity index (χ3v) is 5.37. The molecule has 0 aliphatic rings. The van der Waals surface area contributed by atoms with Crippen LogP contribution in [0.1, 0.15) is 5.56 Å². The van der Waals surface area contributed by atoms with E-state index < -0.39 is 0 Å². The smallest absolute Gasteiger partial charge is 0.247 e. The molecule has 9 nitrogen and oxygen atoms in total. The molecule has 3 aromatic heterocycles. The van der Waals surface area contributed by atoms with Crippen LogP contribution in [0, 0.1) is 0 Å². The number of anilines is 2. The summed E-state index contributed by atoms with van der Waals surface area (Å²) in [6.07, 6.45) is 5.48. The first-order valence-electron chi connectivity index (χ1n) is 11.2. The van der Waals surface area contributed by atoms with Gasteiger partial charge in [0.05, 0.1) is 18.5 Å². The highest BCUT2D eigenvalue weighted by Crippen LogP contribution is 2.27. The molecule has 0 saturated carbocycles. The third kappa shape index (κ3) is 5.42. The maximum Gasteiger partial charge on any atom is 0.247 e. The molecule has 0 aliphatic heterocycles. The Morgan fingerprint density at radius 2 is 1.69 bits per heavy atom. The summed E-state index contributed by atoms with van der Waals surface area (Å²) in [6, 6.07) is 19.8. The molecule has 35 heavy (non-hydrogen) atoms. The van der Waals surface area contributed by atoms with Crippen LogP contribution in [0.25, 0.3) is 16.8 Å². The number of hydrogen-bond acceptors (Lipinski definition) is 7. The van der Waals surface area contributed by atoms with Crippen molar-refractivity contribution in [2.24, 2.45) is 7.05 Å². The lowest BCUT2D eigenvalue weighted by atomic mass is 10.1. The lowest BCUT2D eigenvalue weighted by Gasteiger charge is -2.09. The summed E-state index contributed by atoms with van der Waals surface area (Å²) in [5.41, 5.74) is 4.67. The summed E-state index contributed by atoms with van der Waals surface area (Å²) >= 11 is 0. The Morgan fingerprint density at radius 3 is 2.43 bits per heavy atom. The number of hydrogen-bond donors (Lipinski definition) is 1. The van der Waals surface area contributed by atoms with Gasteiger partial charge in [0.1, 0.15) is 24.7 Å². The molecule has 0 radical (unpaired) electrons. The largest absolute Gasteiger partial charge is 0.491 e. The van der Waals surface area contributed by atoms with Crippen molar-refractivity contribution in [2.45, 2.75) is 6.61 Å². The zero-order chi connectivity index (χ0) is 24.0. The fraction of sp³-hybridized carbons (Fsp3) is 0.192. The molecule has 3 heterocycles. The van der Waals surface area contributed by atoms with Gasteiger partial charge in [-0.2, -0.15) is 10.1 Å². The minimum atomic E-state index is 0.473. The highest BCUT2D eigenvalue weighted by Gasteiger charge is 2.11. The predicted octanol–water partition coefficient (Wildman–Crippen LogP) is 4.48. The molecule has 0 bridgehead atoms. The highest BCUT2D eigenvalue weighted by molar-refractivity contribution is 5.78. The number of rotatable bonds is 10. The van der Waals surface area contributed by atoms with Crippen LogP contribution in [-0.4, -0.2) is 44.7 Å². The summed E-state index contributed by atoms with van der Waals surface area (Å²) in [4.78, 5) is 4.68. The summed E-state index contributed by atoms with van der Waals surface area (Å²) in [5, 5.41) is 11.9. The molecule has 5 aromatic rings. The molecule has 0 spiro atoms. The van der Waals surface area contributed by atoms with Gasteiger partial charge in [-0.25, -0.2) is 4.52 Å². The molecule has 0 unspecified atom stereocenters. The van der Waals surface area contributed by atoms with E-state index in [9.17, 15) is 0 Å². The van der Waals surface area contributed by atoms with E-state index in [0.717, 1.165) is 39.5 Å². The van der Waals surface area contributed by atoms with E-state index >= 15 is 0 Å². The molecule has 2 aromatic carbocycles. The monoisotopic (exact) mass is 470 g/mol. The average Bonchev–Trinajstić information content (AvgIpc) is 3.49. The third-order valence-electron chi connectivity index (χ3n) is 5.37. The number of nitrogens with zero attached hydrogens (tertiary/aromatic N) is 5. The van der Waals surface area contributed by atoms with Gasteiger partial charge in [0.15, 0.2) is 5.65 Å². The van der Waals surface area contributed by atoms with Crippen molar-refractivity contribution in [3.05, 3.63) is 84.8 Å². The van der Waals surface area contributed by atoms with E-state index in [4.69, 9.17) is 14.2 Å². The fourth-order valence-corrected chi connectivity index (χ4v) is 3.62. The van der Waals surface area contributed by atoms with Crippen LogP contribution in [0.3, 0.4) is 0 Å². The van der Waals surface area contributed by atoms with E-state index in [-0.39, 0.29) is 0 Å². The molecular formula is C26H26N6O3. The highest BCUT2D eigenvalue weighted by atomic mass is 16.5. The Balaban J connectivity index is 1.25.